The van der Waals surface area contributed by atoms with E-state index in [2.05, 4.69) is 10.6 Å². The highest BCUT2D eigenvalue weighted by atomic mass is 35.5. The van der Waals surface area contributed by atoms with Crippen LogP contribution in [-0.2, 0) is 14.4 Å². The third-order valence-corrected chi connectivity index (χ3v) is 4.16. The van der Waals surface area contributed by atoms with Crippen LogP contribution in [0.4, 0.5) is 0 Å². The third kappa shape index (κ3) is 7.46. The summed E-state index contributed by atoms with van der Waals surface area (Å²) in [7, 11) is 3.20. The van der Waals surface area contributed by atoms with Crippen LogP contribution in [0.3, 0.4) is 0 Å². The quantitative estimate of drug-likeness (QED) is 0.464. The highest BCUT2D eigenvalue weighted by Gasteiger charge is 2.29. The van der Waals surface area contributed by atoms with Gasteiger partial charge < -0.3 is 26.4 Å². The zero-order valence-electron chi connectivity index (χ0n) is 16.7. The van der Waals surface area contributed by atoms with Gasteiger partial charge in [-0.15, -0.1) is 12.4 Å². The van der Waals surface area contributed by atoms with E-state index in [1.807, 2.05) is 13.0 Å². The normalized spacial score (nSPS) is 14.6. The number of benzene rings is 1. The number of halogens is 1. The minimum Gasteiger partial charge on any atom is -0.382 e. The summed E-state index contributed by atoms with van der Waals surface area (Å²) in [6, 6.07) is 6.32. The number of likely N-dealkylation sites (N-methyl/N-ethyl adjacent to an activating group) is 1. The fraction of sp³-hybridized carbons (Fsp3) is 0.526. The minimum absolute atomic E-state index is 0. The standard InChI is InChI=1S/C19H30N4O4.ClH/c1-5-9-14(20)16(24)18(26)21-12(2)17(25)22-15(19(27)23(3)4)13-10-7-6-8-11-13;/h6-8,10-12,14-16,24H,5,9,20H2,1-4H3,(H,21,26)(H,22,25);1H/t12-,14-,15-,16?;/m0./s1. The first-order valence-electron chi connectivity index (χ1n) is 8.99. The molecule has 0 fully saturated rings. The number of hydrogen-bond donors (Lipinski definition) is 4. The van der Waals surface area contributed by atoms with Crippen molar-refractivity contribution in [3.8, 4) is 0 Å². The molecular weight excluding hydrogens is 384 g/mol. The van der Waals surface area contributed by atoms with E-state index in [9.17, 15) is 19.5 Å². The number of aliphatic hydroxyl groups excluding tert-OH is 1. The van der Waals surface area contributed by atoms with E-state index in [0.717, 1.165) is 6.42 Å². The highest BCUT2D eigenvalue weighted by molar-refractivity contribution is 5.93. The average Bonchev–Trinajstić information content (AvgIpc) is 2.65. The van der Waals surface area contributed by atoms with Gasteiger partial charge in [-0.25, -0.2) is 0 Å². The second-order valence-corrected chi connectivity index (χ2v) is 6.71. The highest BCUT2D eigenvalue weighted by Crippen LogP contribution is 2.15. The van der Waals surface area contributed by atoms with Gasteiger partial charge in [-0.3, -0.25) is 14.4 Å². The van der Waals surface area contributed by atoms with E-state index in [-0.39, 0.29) is 18.3 Å². The molecule has 0 bridgehead atoms. The van der Waals surface area contributed by atoms with Crippen LogP contribution < -0.4 is 16.4 Å². The van der Waals surface area contributed by atoms with Gasteiger partial charge in [0.15, 0.2) is 0 Å². The summed E-state index contributed by atoms with van der Waals surface area (Å²) in [4.78, 5) is 38.4. The van der Waals surface area contributed by atoms with E-state index in [1.54, 1.807) is 38.4 Å². The molecule has 8 nitrogen and oxygen atoms in total. The Bertz CT molecular complexity index is 642. The first-order chi connectivity index (χ1) is 12.7. The second-order valence-electron chi connectivity index (χ2n) is 6.71. The lowest BCUT2D eigenvalue weighted by molar-refractivity contribution is -0.137. The first-order valence-corrected chi connectivity index (χ1v) is 8.99. The van der Waals surface area contributed by atoms with Gasteiger partial charge in [0, 0.05) is 20.1 Å². The Kier molecular flexibility index (Phi) is 11.4. The summed E-state index contributed by atoms with van der Waals surface area (Å²) in [6.45, 7) is 3.37. The second kappa shape index (κ2) is 12.3. The van der Waals surface area contributed by atoms with Crippen LogP contribution in [-0.4, -0.2) is 60.0 Å². The molecule has 1 rings (SSSR count). The summed E-state index contributed by atoms with van der Waals surface area (Å²) in [6.07, 6.45) is -0.177. The maximum atomic E-state index is 12.5. The molecule has 0 spiro atoms. The van der Waals surface area contributed by atoms with Crippen molar-refractivity contribution in [3.05, 3.63) is 35.9 Å². The Balaban J connectivity index is 0.00000729. The lowest BCUT2D eigenvalue weighted by atomic mass is 10.0. The molecule has 5 N–H and O–H groups in total. The number of nitrogens with one attached hydrogen (secondary N) is 2. The van der Waals surface area contributed by atoms with Crippen molar-refractivity contribution in [1.29, 1.82) is 0 Å². The van der Waals surface area contributed by atoms with Crippen molar-refractivity contribution in [3.63, 3.8) is 0 Å². The van der Waals surface area contributed by atoms with Gasteiger partial charge in [-0.2, -0.15) is 0 Å². The molecule has 9 heteroatoms. The van der Waals surface area contributed by atoms with Crippen molar-refractivity contribution >= 4 is 30.1 Å². The Morgan fingerprint density at radius 2 is 1.68 bits per heavy atom. The van der Waals surface area contributed by atoms with Gasteiger partial charge in [-0.05, 0) is 18.9 Å². The van der Waals surface area contributed by atoms with E-state index in [1.165, 1.54) is 11.8 Å². The van der Waals surface area contributed by atoms with Gasteiger partial charge in [0.2, 0.25) is 11.8 Å². The van der Waals surface area contributed by atoms with Crippen molar-refractivity contribution in [1.82, 2.24) is 15.5 Å². The molecular formula is C19H31ClN4O4. The minimum atomic E-state index is -1.39. The number of nitrogens with two attached hydrogens (primary N) is 1. The van der Waals surface area contributed by atoms with Crippen LogP contribution in [0.15, 0.2) is 30.3 Å². The number of amides is 3. The predicted molar refractivity (Wildman–Crippen MR) is 110 cm³/mol. The first kappa shape index (κ1) is 25.8. The van der Waals surface area contributed by atoms with E-state index in [4.69, 9.17) is 5.73 Å². The van der Waals surface area contributed by atoms with E-state index >= 15 is 0 Å². The van der Waals surface area contributed by atoms with Gasteiger partial charge in [0.1, 0.15) is 18.2 Å². The Morgan fingerprint density at radius 3 is 2.18 bits per heavy atom. The summed E-state index contributed by atoms with van der Waals surface area (Å²) in [5.74, 6) is -1.55. The van der Waals surface area contributed by atoms with E-state index < -0.39 is 36.0 Å². The molecule has 0 heterocycles. The maximum absolute atomic E-state index is 12.5. The topological polar surface area (TPSA) is 125 Å². The molecule has 0 radical (unpaired) electrons. The molecule has 0 aromatic heterocycles. The fourth-order valence-electron chi connectivity index (χ4n) is 2.51. The predicted octanol–water partition coefficient (Wildman–Crippen LogP) is 0.347. The van der Waals surface area contributed by atoms with Crippen LogP contribution in [0.5, 0.6) is 0 Å². The molecule has 0 aliphatic rings. The Morgan fingerprint density at radius 1 is 1.11 bits per heavy atom. The molecule has 1 aromatic carbocycles. The number of rotatable bonds is 9. The zero-order chi connectivity index (χ0) is 20.6. The van der Waals surface area contributed by atoms with Gasteiger partial charge in [0.05, 0.1) is 0 Å². The van der Waals surface area contributed by atoms with Crippen LogP contribution in [0.25, 0.3) is 0 Å². The Labute approximate surface area is 172 Å². The largest absolute Gasteiger partial charge is 0.382 e. The molecule has 1 unspecified atom stereocenters. The van der Waals surface area contributed by atoms with E-state index in [0.29, 0.717) is 12.0 Å². The summed E-state index contributed by atoms with van der Waals surface area (Å²) < 4.78 is 0. The Hall–Kier alpha value is -2.16. The van der Waals surface area contributed by atoms with Crippen LogP contribution in [0.2, 0.25) is 0 Å². The summed E-state index contributed by atoms with van der Waals surface area (Å²) in [5.41, 5.74) is 6.38. The molecule has 0 saturated heterocycles. The number of carbonyl (C=O) groups excluding carboxylic acids is 3. The van der Waals surface area contributed by atoms with Crippen molar-refractivity contribution in [2.24, 2.45) is 5.73 Å². The fourth-order valence-corrected chi connectivity index (χ4v) is 2.51. The smallest absolute Gasteiger partial charge is 0.251 e. The summed E-state index contributed by atoms with van der Waals surface area (Å²) >= 11 is 0. The van der Waals surface area contributed by atoms with Gasteiger partial charge >= 0.3 is 0 Å². The van der Waals surface area contributed by atoms with Crippen LogP contribution >= 0.6 is 12.4 Å². The molecule has 0 aliphatic heterocycles. The SMILES string of the molecule is CCC[C@H](N)C(O)C(=O)N[C@@H](C)C(=O)N[C@H](C(=O)N(C)C)c1ccccc1.Cl. The van der Waals surface area contributed by atoms with Crippen molar-refractivity contribution < 1.29 is 19.5 Å². The van der Waals surface area contributed by atoms with Crippen molar-refractivity contribution in [2.45, 2.75) is 50.9 Å². The van der Waals surface area contributed by atoms with Crippen LogP contribution in [0, 0.1) is 0 Å². The summed E-state index contributed by atoms with van der Waals surface area (Å²) in [5, 5.41) is 15.0. The number of hydrogen-bond acceptors (Lipinski definition) is 5. The van der Waals surface area contributed by atoms with Gasteiger partial charge in [0.25, 0.3) is 5.91 Å². The molecule has 1 aromatic rings. The lowest BCUT2D eigenvalue weighted by Crippen LogP contribution is -2.53. The molecule has 0 saturated carbocycles. The number of aliphatic hydroxyl groups is 1. The average molecular weight is 415 g/mol. The monoisotopic (exact) mass is 414 g/mol. The van der Waals surface area contributed by atoms with Gasteiger partial charge in [-0.1, -0.05) is 43.7 Å². The maximum Gasteiger partial charge on any atom is 0.251 e. The molecule has 4 atom stereocenters. The van der Waals surface area contributed by atoms with Crippen LogP contribution in [0.1, 0.15) is 38.3 Å². The molecule has 3 amide bonds. The zero-order valence-corrected chi connectivity index (χ0v) is 17.5. The number of carbonyl (C=O) groups is 3. The lowest BCUT2D eigenvalue weighted by Gasteiger charge is -2.25. The molecule has 0 aliphatic carbocycles. The third-order valence-electron chi connectivity index (χ3n) is 4.16. The molecule has 158 valence electrons. The van der Waals surface area contributed by atoms with Crippen molar-refractivity contribution in [2.75, 3.05) is 14.1 Å². The molecule has 28 heavy (non-hydrogen) atoms. The number of nitrogens with zero attached hydrogens (tertiary/aromatic N) is 1.